The lowest BCUT2D eigenvalue weighted by Crippen LogP contribution is -2.33. The van der Waals surface area contributed by atoms with Crippen LogP contribution in [-0.4, -0.2) is 19.9 Å². The molecule has 0 amide bonds. The van der Waals surface area contributed by atoms with Gasteiger partial charge in [0.2, 0.25) is 0 Å². The van der Waals surface area contributed by atoms with E-state index in [4.69, 9.17) is 0 Å². The topological polar surface area (TPSA) is 71.1 Å². The Bertz CT molecular complexity index is 448. The van der Waals surface area contributed by atoms with Crippen LogP contribution in [0.2, 0.25) is 0 Å². The highest BCUT2D eigenvalue weighted by molar-refractivity contribution is 9.10. The third-order valence-corrected chi connectivity index (χ3v) is 3.35. The van der Waals surface area contributed by atoms with E-state index in [1.54, 1.807) is 18.3 Å². The lowest BCUT2D eigenvalue weighted by Gasteiger charge is -2.11. The van der Waals surface area contributed by atoms with Crippen LogP contribution in [0.15, 0.2) is 22.9 Å². The number of nitrogens with one attached hydrogen (secondary N) is 2. The van der Waals surface area contributed by atoms with Crippen LogP contribution >= 0.6 is 15.9 Å². The monoisotopic (exact) mass is 307 g/mol. The molecule has 0 aliphatic carbocycles. The Morgan fingerprint density at radius 3 is 2.75 bits per heavy atom. The van der Waals surface area contributed by atoms with Gasteiger partial charge in [-0.3, -0.25) is 4.72 Å². The molecule has 0 fully saturated rings. The molecule has 1 heterocycles. The summed E-state index contributed by atoms with van der Waals surface area (Å²) < 4.78 is 28.5. The quantitative estimate of drug-likeness (QED) is 0.814. The van der Waals surface area contributed by atoms with E-state index in [0.29, 0.717) is 16.8 Å². The van der Waals surface area contributed by atoms with Gasteiger partial charge in [0.15, 0.2) is 0 Å². The normalized spacial score (nSPS) is 11.8. The van der Waals surface area contributed by atoms with Gasteiger partial charge in [0.25, 0.3) is 10.2 Å². The van der Waals surface area contributed by atoms with E-state index in [1.165, 1.54) is 0 Å². The maximum Gasteiger partial charge on any atom is 0.299 e. The highest BCUT2D eigenvalue weighted by Crippen LogP contribution is 2.18. The summed E-state index contributed by atoms with van der Waals surface area (Å²) in [4.78, 5) is 3.92. The maximum atomic E-state index is 11.6. The van der Waals surface area contributed by atoms with E-state index in [0.717, 1.165) is 0 Å². The maximum absolute atomic E-state index is 11.6. The van der Waals surface area contributed by atoms with Crippen LogP contribution in [0.25, 0.3) is 0 Å². The van der Waals surface area contributed by atoms with Crippen LogP contribution < -0.4 is 9.44 Å². The van der Waals surface area contributed by atoms with Crippen molar-refractivity contribution in [3.8, 4) is 0 Å². The van der Waals surface area contributed by atoms with Crippen LogP contribution in [0.1, 0.15) is 13.8 Å². The number of nitrogens with zero attached hydrogens (tertiary/aromatic N) is 1. The summed E-state index contributed by atoms with van der Waals surface area (Å²) in [6.45, 7) is 4.26. The summed E-state index contributed by atoms with van der Waals surface area (Å²) in [7, 11) is -3.52. The number of halogens is 1. The highest BCUT2D eigenvalue weighted by atomic mass is 79.9. The van der Waals surface area contributed by atoms with Crippen molar-refractivity contribution in [3.63, 3.8) is 0 Å². The molecule has 2 N–H and O–H groups in total. The first-order chi connectivity index (χ1) is 7.41. The molecule has 1 aromatic rings. The van der Waals surface area contributed by atoms with Crippen LogP contribution in [-0.2, 0) is 10.2 Å². The zero-order valence-electron chi connectivity index (χ0n) is 9.07. The van der Waals surface area contributed by atoms with Gasteiger partial charge in [-0.2, -0.15) is 13.1 Å². The fourth-order valence-electron chi connectivity index (χ4n) is 0.919. The molecule has 7 heteroatoms. The third-order valence-electron chi connectivity index (χ3n) is 1.69. The molecule has 90 valence electrons. The van der Waals surface area contributed by atoms with Gasteiger partial charge >= 0.3 is 0 Å². The molecule has 16 heavy (non-hydrogen) atoms. The summed E-state index contributed by atoms with van der Waals surface area (Å²) >= 11 is 3.16. The number of aromatic nitrogens is 1. The zero-order chi connectivity index (χ0) is 12.2. The molecule has 5 nitrogen and oxygen atoms in total. The lowest BCUT2D eigenvalue weighted by atomic mass is 10.2. The molecule has 0 saturated carbocycles. The van der Waals surface area contributed by atoms with Crippen molar-refractivity contribution in [2.75, 3.05) is 11.3 Å². The zero-order valence-corrected chi connectivity index (χ0v) is 11.5. The van der Waals surface area contributed by atoms with E-state index >= 15 is 0 Å². The van der Waals surface area contributed by atoms with Crippen molar-refractivity contribution >= 4 is 31.8 Å². The van der Waals surface area contributed by atoms with E-state index in [9.17, 15) is 8.42 Å². The molecule has 0 aromatic carbocycles. The third kappa shape index (κ3) is 4.46. The second-order valence-corrected chi connectivity index (χ2v) is 5.94. The van der Waals surface area contributed by atoms with Crippen LogP contribution in [0.3, 0.4) is 0 Å². The summed E-state index contributed by atoms with van der Waals surface area (Å²) in [6.07, 6.45) is 1.57. The smallest absolute Gasteiger partial charge is 0.268 e. The molecular formula is C9H14BrN3O2S. The summed E-state index contributed by atoms with van der Waals surface area (Å²) in [5.41, 5.74) is 0.416. The minimum absolute atomic E-state index is 0.258. The number of hydrogen-bond acceptors (Lipinski definition) is 3. The molecule has 0 unspecified atom stereocenters. The molecule has 0 bridgehead atoms. The van der Waals surface area contributed by atoms with E-state index in [1.807, 2.05) is 13.8 Å². The number of hydrogen-bond donors (Lipinski definition) is 2. The van der Waals surface area contributed by atoms with Gasteiger partial charge in [0.1, 0.15) is 4.60 Å². The van der Waals surface area contributed by atoms with Gasteiger partial charge in [-0.25, -0.2) is 4.98 Å². The standard InChI is InChI=1S/C9H14BrN3O2S/c1-7(2)6-12-16(14,15)13-8-4-3-5-11-9(8)10/h3-5,7,12-13H,6H2,1-2H3. The molecule has 0 aliphatic heterocycles. The second kappa shape index (κ2) is 5.60. The molecule has 1 aromatic heterocycles. The fourth-order valence-corrected chi connectivity index (χ4v) is 2.48. The van der Waals surface area contributed by atoms with Crippen LogP contribution in [0.4, 0.5) is 5.69 Å². The largest absolute Gasteiger partial charge is 0.299 e. The lowest BCUT2D eigenvalue weighted by molar-refractivity contribution is 0.565. The Morgan fingerprint density at radius 1 is 1.50 bits per heavy atom. The number of anilines is 1. The molecule has 0 aliphatic rings. The molecule has 0 atom stereocenters. The van der Waals surface area contributed by atoms with Gasteiger partial charge in [0.05, 0.1) is 5.69 Å². The summed E-state index contributed by atoms with van der Waals surface area (Å²) in [5, 5.41) is 0. The Morgan fingerprint density at radius 2 is 2.19 bits per heavy atom. The molecular weight excluding hydrogens is 294 g/mol. The van der Waals surface area contributed by atoms with Gasteiger partial charge in [-0.15, -0.1) is 0 Å². The Hall–Kier alpha value is -0.660. The van der Waals surface area contributed by atoms with E-state index in [-0.39, 0.29) is 5.92 Å². The summed E-state index contributed by atoms with van der Waals surface area (Å²) in [6, 6.07) is 3.29. The summed E-state index contributed by atoms with van der Waals surface area (Å²) in [5.74, 6) is 0.258. The first-order valence-electron chi connectivity index (χ1n) is 4.78. The first kappa shape index (κ1) is 13.4. The van der Waals surface area contributed by atoms with Gasteiger partial charge in [0, 0.05) is 12.7 Å². The SMILES string of the molecule is CC(C)CNS(=O)(=O)Nc1cccnc1Br. The average molecular weight is 308 g/mol. The molecule has 1 rings (SSSR count). The molecule has 0 saturated heterocycles. The predicted molar refractivity (Wildman–Crippen MR) is 67.3 cm³/mol. The molecule has 0 radical (unpaired) electrons. The Balaban J connectivity index is 2.70. The average Bonchev–Trinajstić information content (AvgIpc) is 2.19. The van der Waals surface area contributed by atoms with Crippen molar-refractivity contribution in [2.24, 2.45) is 5.92 Å². The molecule has 0 spiro atoms. The van der Waals surface area contributed by atoms with Crippen molar-refractivity contribution in [1.82, 2.24) is 9.71 Å². The van der Waals surface area contributed by atoms with E-state index < -0.39 is 10.2 Å². The van der Waals surface area contributed by atoms with Crippen molar-refractivity contribution < 1.29 is 8.42 Å². The Kier molecular flexibility index (Phi) is 4.69. The van der Waals surface area contributed by atoms with Crippen molar-refractivity contribution in [2.45, 2.75) is 13.8 Å². The number of pyridine rings is 1. The fraction of sp³-hybridized carbons (Fsp3) is 0.444. The minimum Gasteiger partial charge on any atom is -0.268 e. The minimum atomic E-state index is -3.52. The van der Waals surface area contributed by atoms with Gasteiger partial charge in [-0.1, -0.05) is 13.8 Å². The van der Waals surface area contributed by atoms with Gasteiger partial charge in [-0.05, 0) is 34.0 Å². The number of rotatable bonds is 5. The van der Waals surface area contributed by atoms with Crippen molar-refractivity contribution in [3.05, 3.63) is 22.9 Å². The van der Waals surface area contributed by atoms with E-state index in [2.05, 4.69) is 30.4 Å². The first-order valence-corrected chi connectivity index (χ1v) is 7.06. The second-order valence-electron chi connectivity index (χ2n) is 3.69. The highest BCUT2D eigenvalue weighted by Gasteiger charge is 2.11. The van der Waals surface area contributed by atoms with Crippen LogP contribution in [0, 0.1) is 5.92 Å². The predicted octanol–water partition coefficient (Wildman–Crippen LogP) is 1.75. The van der Waals surface area contributed by atoms with Gasteiger partial charge < -0.3 is 0 Å². The van der Waals surface area contributed by atoms with Crippen molar-refractivity contribution in [1.29, 1.82) is 0 Å². The van der Waals surface area contributed by atoms with Crippen LogP contribution in [0.5, 0.6) is 0 Å². The Labute approximate surface area is 104 Å².